The van der Waals surface area contributed by atoms with Gasteiger partial charge in [-0.25, -0.2) is 8.42 Å². The number of nitrogens with zero attached hydrogens (tertiary/aromatic N) is 2. The van der Waals surface area contributed by atoms with E-state index in [0.717, 1.165) is 19.5 Å². The van der Waals surface area contributed by atoms with Gasteiger partial charge in [0.2, 0.25) is 10.0 Å². The van der Waals surface area contributed by atoms with Crippen molar-refractivity contribution in [1.82, 2.24) is 9.21 Å². The van der Waals surface area contributed by atoms with E-state index >= 15 is 0 Å². The standard InChI is InChI=1S/C11H23ClN2O2S/c1-3-13-7-8-14(10-11(13)2)17(15,16)9-5-4-6-12/h11H,3-10H2,1-2H3. The Balaban J connectivity index is 2.50. The van der Waals surface area contributed by atoms with E-state index in [0.29, 0.717) is 31.4 Å². The van der Waals surface area contributed by atoms with Gasteiger partial charge in [-0.1, -0.05) is 6.92 Å². The average Bonchev–Trinajstić information content (AvgIpc) is 2.29. The molecular formula is C11H23ClN2O2S. The van der Waals surface area contributed by atoms with Crippen molar-refractivity contribution in [3.63, 3.8) is 0 Å². The molecule has 1 unspecified atom stereocenters. The summed E-state index contributed by atoms with van der Waals surface area (Å²) in [6, 6.07) is 0.316. The van der Waals surface area contributed by atoms with Gasteiger partial charge >= 0.3 is 0 Å². The summed E-state index contributed by atoms with van der Waals surface area (Å²) in [6.07, 6.45) is 1.43. The van der Waals surface area contributed by atoms with E-state index < -0.39 is 10.0 Å². The third-order valence-corrected chi connectivity index (χ3v) is 5.50. The zero-order chi connectivity index (χ0) is 12.9. The molecule has 0 bridgehead atoms. The zero-order valence-electron chi connectivity index (χ0n) is 10.7. The van der Waals surface area contributed by atoms with Gasteiger partial charge in [0.1, 0.15) is 0 Å². The van der Waals surface area contributed by atoms with Crippen molar-refractivity contribution in [1.29, 1.82) is 0 Å². The van der Waals surface area contributed by atoms with Gasteiger partial charge < -0.3 is 0 Å². The maximum absolute atomic E-state index is 12.1. The van der Waals surface area contributed by atoms with Crippen LogP contribution in [0.5, 0.6) is 0 Å². The molecule has 0 aliphatic carbocycles. The predicted octanol–water partition coefficient (Wildman–Crippen LogP) is 1.36. The topological polar surface area (TPSA) is 40.6 Å². The summed E-state index contributed by atoms with van der Waals surface area (Å²) >= 11 is 5.56. The number of rotatable bonds is 6. The van der Waals surface area contributed by atoms with Gasteiger partial charge in [0, 0.05) is 31.6 Å². The number of halogens is 1. The first-order chi connectivity index (χ1) is 8.01. The Bertz CT molecular complexity index is 321. The van der Waals surface area contributed by atoms with Crippen LogP contribution < -0.4 is 0 Å². The molecule has 0 aromatic heterocycles. The zero-order valence-corrected chi connectivity index (χ0v) is 12.3. The summed E-state index contributed by atoms with van der Waals surface area (Å²) in [5, 5.41) is 0. The summed E-state index contributed by atoms with van der Waals surface area (Å²) < 4.78 is 25.8. The Kier molecular flexibility index (Phi) is 6.20. The highest BCUT2D eigenvalue weighted by atomic mass is 35.5. The number of hydrogen-bond acceptors (Lipinski definition) is 3. The number of hydrogen-bond donors (Lipinski definition) is 0. The lowest BCUT2D eigenvalue weighted by molar-refractivity contribution is 0.135. The average molecular weight is 283 g/mol. The van der Waals surface area contributed by atoms with E-state index in [9.17, 15) is 8.42 Å². The first-order valence-corrected chi connectivity index (χ1v) is 8.43. The molecule has 1 rings (SSSR count). The van der Waals surface area contributed by atoms with Crippen LogP contribution in [0.3, 0.4) is 0 Å². The van der Waals surface area contributed by atoms with Crippen molar-refractivity contribution in [3.05, 3.63) is 0 Å². The maximum Gasteiger partial charge on any atom is 0.214 e. The number of unbranched alkanes of at least 4 members (excludes halogenated alkanes) is 1. The molecule has 17 heavy (non-hydrogen) atoms. The number of sulfonamides is 1. The molecule has 1 atom stereocenters. The Morgan fingerprint density at radius 3 is 2.53 bits per heavy atom. The van der Waals surface area contributed by atoms with E-state index in [2.05, 4.69) is 18.7 Å². The van der Waals surface area contributed by atoms with E-state index in [-0.39, 0.29) is 5.75 Å². The second-order valence-electron chi connectivity index (χ2n) is 4.55. The molecule has 0 amide bonds. The molecule has 6 heteroatoms. The van der Waals surface area contributed by atoms with Crippen molar-refractivity contribution >= 4 is 21.6 Å². The largest absolute Gasteiger partial charge is 0.298 e. The Morgan fingerprint density at radius 1 is 1.29 bits per heavy atom. The number of alkyl halides is 1. The summed E-state index contributed by atoms with van der Waals surface area (Å²) in [5.74, 6) is 0.772. The number of piperazine rings is 1. The first-order valence-electron chi connectivity index (χ1n) is 6.29. The van der Waals surface area contributed by atoms with Crippen LogP contribution in [0.2, 0.25) is 0 Å². The van der Waals surface area contributed by atoms with Gasteiger partial charge in [-0.2, -0.15) is 4.31 Å². The highest BCUT2D eigenvalue weighted by Gasteiger charge is 2.29. The highest BCUT2D eigenvalue weighted by Crippen LogP contribution is 2.14. The highest BCUT2D eigenvalue weighted by molar-refractivity contribution is 7.89. The van der Waals surface area contributed by atoms with E-state index in [1.54, 1.807) is 4.31 Å². The Labute approximate surface area is 110 Å². The molecule has 1 aliphatic heterocycles. The Morgan fingerprint density at radius 2 is 2.00 bits per heavy atom. The molecule has 0 saturated carbocycles. The third-order valence-electron chi connectivity index (χ3n) is 3.31. The monoisotopic (exact) mass is 282 g/mol. The van der Waals surface area contributed by atoms with Crippen molar-refractivity contribution in [3.8, 4) is 0 Å². The molecule has 0 N–H and O–H groups in total. The summed E-state index contributed by atoms with van der Waals surface area (Å²) in [7, 11) is -3.07. The minimum absolute atomic E-state index is 0.235. The Hall–Kier alpha value is 0.160. The van der Waals surface area contributed by atoms with Crippen molar-refractivity contribution in [2.24, 2.45) is 0 Å². The second-order valence-corrected chi connectivity index (χ2v) is 7.01. The van der Waals surface area contributed by atoms with Gasteiger partial charge in [-0.05, 0) is 26.3 Å². The summed E-state index contributed by atoms with van der Waals surface area (Å²) in [6.45, 7) is 7.28. The molecule has 102 valence electrons. The van der Waals surface area contributed by atoms with Crippen LogP contribution in [-0.4, -0.2) is 61.5 Å². The minimum atomic E-state index is -3.07. The van der Waals surface area contributed by atoms with E-state index in [1.165, 1.54) is 0 Å². The van der Waals surface area contributed by atoms with Crippen molar-refractivity contribution in [2.75, 3.05) is 37.8 Å². The lowest BCUT2D eigenvalue weighted by atomic mass is 10.2. The van der Waals surface area contributed by atoms with Crippen LogP contribution >= 0.6 is 11.6 Å². The van der Waals surface area contributed by atoms with Crippen LogP contribution in [0.15, 0.2) is 0 Å². The lowest BCUT2D eigenvalue weighted by Gasteiger charge is -2.38. The van der Waals surface area contributed by atoms with Crippen molar-refractivity contribution < 1.29 is 8.42 Å². The van der Waals surface area contributed by atoms with Crippen LogP contribution in [0.4, 0.5) is 0 Å². The quantitative estimate of drug-likeness (QED) is 0.546. The van der Waals surface area contributed by atoms with Gasteiger partial charge in [-0.15, -0.1) is 11.6 Å². The molecule has 0 aromatic carbocycles. The normalized spacial score (nSPS) is 24.1. The van der Waals surface area contributed by atoms with Gasteiger partial charge in [-0.3, -0.25) is 4.90 Å². The van der Waals surface area contributed by atoms with Gasteiger partial charge in [0.05, 0.1) is 5.75 Å². The van der Waals surface area contributed by atoms with Crippen LogP contribution in [0.25, 0.3) is 0 Å². The summed E-state index contributed by atoms with van der Waals surface area (Å²) in [5.41, 5.74) is 0. The van der Waals surface area contributed by atoms with Crippen LogP contribution in [0, 0.1) is 0 Å². The fraction of sp³-hybridized carbons (Fsp3) is 1.00. The lowest BCUT2D eigenvalue weighted by Crippen LogP contribution is -2.53. The minimum Gasteiger partial charge on any atom is -0.298 e. The van der Waals surface area contributed by atoms with E-state index in [4.69, 9.17) is 11.6 Å². The predicted molar refractivity (Wildman–Crippen MR) is 72.0 cm³/mol. The molecular weight excluding hydrogens is 260 g/mol. The first kappa shape index (κ1) is 15.2. The van der Waals surface area contributed by atoms with Gasteiger partial charge in [0.15, 0.2) is 0 Å². The van der Waals surface area contributed by atoms with Crippen LogP contribution in [-0.2, 0) is 10.0 Å². The molecule has 0 radical (unpaired) electrons. The molecule has 1 fully saturated rings. The molecule has 0 aromatic rings. The SMILES string of the molecule is CCN1CCN(S(=O)(=O)CCCCCl)CC1C. The second kappa shape index (κ2) is 6.92. The van der Waals surface area contributed by atoms with Crippen LogP contribution in [0.1, 0.15) is 26.7 Å². The number of likely N-dealkylation sites (N-methyl/N-ethyl adjacent to an activating group) is 1. The molecule has 1 aliphatic rings. The molecule has 1 saturated heterocycles. The smallest absolute Gasteiger partial charge is 0.214 e. The molecule has 4 nitrogen and oxygen atoms in total. The molecule has 0 spiro atoms. The fourth-order valence-electron chi connectivity index (χ4n) is 2.19. The van der Waals surface area contributed by atoms with E-state index in [1.807, 2.05) is 0 Å². The maximum atomic E-state index is 12.1. The summed E-state index contributed by atoms with van der Waals surface area (Å²) in [4.78, 5) is 2.31. The third kappa shape index (κ3) is 4.39. The van der Waals surface area contributed by atoms with Gasteiger partial charge in [0.25, 0.3) is 0 Å². The van der Waals surface area contributed by atoms with Crippen molar-refractivity contribution in [2.45, 2.75) is 32.7 Å². The fourth-order valence-corrected chi connectivity index (χ4v) is 4.01. The molecule has 1 heterocycles.